The zero-order chi connectivity index (χ0) is 7.98. The Labute approximate surface area is 72.0 Å². The van der Waals surface area contributed by atoms with Gasteiger partial charge in [-0.25, -0.2) is 0 Å². The van der Waals surface area contributed by atoms with Crippen molar-refractivity contribution in [2.24, 2.45) is 0 Å². The monoisotopic (exact) mass is 208 g/mol. The van der Waals surface area contributed by atoms with E-state index >= 15 is 0 Å². The summed E-state index contributed by atoms with van der Waals surface area (Å²) in [6.45, 7) is 4.01. The highest BCUT2D eigenvalue weighted by atomic mass is 79.9. The van der Waals surface area contributed by atoms with Crippen LogP contribution in [0.2, 0.25) is 0 Å². The van der Waals surface area contributed by atoms with E-state index in [2.05, 4.69) is 22.9 Å². The van der Waals surface area contributed by atoms with Gasteiger partial charge in [-0.05, 0) is 13.3 Å². The minimum Gasteiger partial charge on any atom is -0.392 e. The maximum atomic E-state index is 9.07. The van der Waals surface area contributed by atoms with Crippen molar-refractivity contribution in [2.75, 3.05) is 0 Å². The molecule has 0 aromatic carbocycles. The summed E-state index contributed by atoms with van der Waals surface area (Å²) in [6.07, 6.45) is 4.62. The number of rotatable bonds is 5. The van der Waals surface area contributed by atoms with Crippen LogP contribution in [0.5, 0.6) is 0 Å². The molecule has 2 heteroatoms. The Morgan fingerprint density at radius 2 is 2.00 bits per heavy atom. The summed E-state index contributed by atoms with van der Waals surface area (Å²) in [5.41, 5.74) is 0. The van der Waals surface area contributed by atoms with Gasteiger partial charge < -0.3 is 5.11 Å². The van der Waals surface area contributed by atoms with E-state index in [0.717, 1.165) is 6.42 Å². The molecule has 0 aliphatic carbocycles. The molecule has 0 unspecified atom stereocenters. The first-order valence-corrected chi connectivity index (χ1v) is 4.92. The molecule has 10 heavy (non-hydrogen) atoms. The second-order valence-electron chi connectivity index (χ2n) is 2.75. The Balaban J connectivity index is 3.13. The van der Waals surface area contributed by atoms with E-state index in [4.69, 9.17) is 5.11 Å². The molecule has 0 amide bonds. The first-order valence-electron chi connectivity index (χ1n) is 4.00. The molecule has 0 aliphatic heterocycles. The van der Waals surface area contributed by atoms with E-state index < -0.39 is 0 Å². The van der Waals surface area contributed by atoms with Crippen LogP contribution in [0.25, 0.3) is 0 Å². The molecule has 0 rings (SSSR count). The Hall–Kier alpha value is 0.440. The minimum absolute atomic E-state index is 0.211. The maximum Gasteiger partial charge on any atom is 0.0637 e. The lowest BCUT2D eigenvalue weighted by Gasteiger charge is -2.11. The summed E-state index contributed by atoms with van der Waals surface area (Å²) in [4.78, 5) is 0.291. The van der Waals surface area contributed by atoms with Gasteiger partial charge in [0.1, 0.15) is 0 Å². The van der Waals surface area contributed by atoms with E-state index in [-0.39, 0.29) is 6.10 Å². The van der Waals surface area contributed by atoms with Crippen LogP contribution < -0.4 is 0 Å². The zero-order valence-corrected chi connectivity index (χ0v) is 8.39. The fourth-order valence-electron chi connectivity index (χ4n) is 0.831. The molecule has 0 saturated carbocycles. The molecule has 2 atom stereocenters. The Morgan fingerprint density at radius 3 is 2.40 bits per heavy atom. The molecule has 0 radical (unpaired) electrons. The van der Waals surface area contributed by atoms with Crippen LogP contribution in [0.1, 0.15) is 39.5 Å². The molecule has 62 valence electrons. The van der Waals surface area contributed by atoms with Gasteiger partial charge in [-0.2, -0.15) is 0 Å². The third-order valence-electron chi connectivity index (χ3n) is 1.61. The van der Waals surface area contributed by atoms with Gasteiger partial charge in [0.25, 0.3) is 0 Å². The quantitative estimate of drug-likeness (QED) is 0.545. The van der Waals surface area contributed by atoms with Crippen molar-refractivity contribution in [1.29, 1.82) is 0 Å². The van der Waals surface area contributed by atoms with Crippen LogP contribution in [0.3, 0.4) is 0 Å². The van der Waals surface area contributed by atoms with Crippen molar-refractivity contribution in [3.8, 4) is 0 Å². The molecule has 1 nitrogen and oxygen atoms in total. The average molecular weight is 209 g/mol. The van der Waals surface area contributed by atoms with E-state index in [1.807, 2.05) is 6.92 Å². The predicted octanol–water partition coefficient (Wildman–Crippen LogP) is 2.71. The van der Waals surface area contributed by atoms with E-state index in [9.17, 15) is 0 Å². The summed E-state index contributed by atoms with van der Waals surface area (Å²) in [5.74, 6) is 0. The third-order valence-corrected chi connectivity index (χ3v) is 2.83. The summed E-state index contributed by atoms with van der Waals surface area (Å²) >= 11 is 3.42. The average Bonchev–Trinajstić information content (AvgIpc) is 1.88. The summed E-state index contributed by atoms with van der Waals surface area (Å²) in [6, 6.07) is 0. The number of halogens is 1. The maximum absolute atomic E-state index is 9.07. The van der Waals surface area contributed by atoms with Gasteiger partial charge in [0.15, 0.2) is 0 Å². The lowest BCUT2D eigenvalue weighted by atomic mass is 10.1. The summed E-state index contributed by atoms with van der Waals surface area (Å²) in [7, 11) is 0. The fraction of sp³-hybridized carbons (Fsp3) is 1.00. The first kappa shape index (κ1) is 10.4. The molecule has 0 aliphatic rings. The molecule has 0 fully saturated rings. The van der Waals surface area contributed by atoms with Crippen LogP contribution in [0.15, 0.2) is 0 Å². The Bertz CT molecular complexity index is 73.7. The fourth-order valence-corrected chi connectivity index (χ4v) is 1.15. The number of hydrogen-bond donors (Lipinski definition) is 1. The Kier molecular flexibility index (Phi) is 6.44. The molecule has 0 aromatic heterocycles. The SMILES string of the molecule is CCCCC[C@@H](Br)[C@H](C)O. The van der Waals surface area contributed by atoms with Gasteiger partial charge in [-0.1, -0.05) is 42.1 Å². The van der Waals surface area contributed by atoms with Crippen LogP contribution in [0.4, 0.5) is 0 Å². The van der Waals surface area contributed by atoms with Gasteiger partial charge in [-0.3, -0.25) is 0 Å². The van der Waals surface area contributed by atoms with Gasteiger partial charge in [0, 0.05) is 4.83 Å². The molecule has 0 spiro atoms. The largest absolute Gasteiger partial charge is 0.392 e. The minimum atomic E-state index is -0.211. The van der Waals surface area contributed by atoms with Gasteiger partial charge >= 0.3 is 0 Å². The van der Waals surface area contributed by atoms with Crippen LogP contribution in [-0.2, 0) is 0 Å². The summed E-state index contributed by atoms with van der Waals surface area (Å²) in [5, 5.41) is 9.07. The number of hydrogen-bond acceptors (Lipinski definition) is 1. The van der Waals surface area contributed by atoms with Crippen LogP contribution in [-0.4, -0.2) is 16.0 Å². The first-order chi connectivity index (χ1) is 4.68. The molecule has 0 aromatic rings. The number of aliphatic hydroxyl groups excluding tert-OH is 1. The highest BCUT2D eigenvalue weighted by molar-refractivity contribution is 9.09. The topological polar surface area (TPSA) is 20.2 Å². The highest BCUT2D eigenvalue weighted by Gasteiger charge is 2.08. The molecular weight excluding hydrogens is 192 g/mol. The van der Waals surface area contributed by atoms with Crippen LogP contribution >= 0.6 is 15.9 Å². The standard InChI is InChI=1S/C8H17BrO/c1-3-4-5-6-8(9)7(2)10/h7-8,10H,3-6H2,1-2H3/t7-,8+/m0/s1. The molecule has 0 bridgehead atoms. The second kappa shape index (κ2) is 6.17. The third kappa shape index (κ3) is 5.24. The lowest BCUT2D eigenvalue weighted by Crippen LogP contribution is -2.15. The molecular formula is C8H17BrO. The van der Waals surface area contributed by atoms with Crippen molar-refractivity contribution >= 4 is 15.9 Å². The van der Waals surface area contributed by atoms with Gasteiger partial charge in [-0.15, -0.1) is 0 Å². The second-order valence-corrected chi connectivity index (χ2v) is 3.93. The van der Waals surface area contributed by atoms with E-state index in [1.165, 1.54) is 19.3 Å². The van der Waals surface area contributed by atoms with Crippen molar-refractivity contribution in [3.05, 3.63) is 0 Å². The smallest absolute Gasteiger partial charge is 0.0637 e. The van der Waals surface area contributed by atoms with Crippen molar-refractivity contribution in [1.82, 2.24) is 0 Å². The molecule has 0 saturated heterocycles. The zero-order valence-electron chi connectivity index (χ0n) is 6.81. The predicted molar refractivity (Wildman–Crippen MR) is 48.5 cm³/mol. The normalized spacial score (nSPS) is 16.8. The number of aliphatic hydroxyl groups is 1. The molecule has 0 heterocycles. The van der Waals surface area contributed by atoms with Crippen molar-refractivity contribution in [2.45, 2.75) is 50.5 Å². The highest BCUT2D eigenvalue weighted by Crippen LogP contribution is 2.14. The lowest BCUT2D eigenvalue weighted by molar-refractivity contribution is 0.189. The van der Waals surface area contributed by atoms with E-state index in [1.54, 1.807) is 0 Å². The number of unbranched alkanes of at least 4 members (excludes halogenated alkanes) is 2. The van der Waals surface area contributed by atoms with Crippen molar-refractivity contribution < 1.29 is 5.11 Å². The molecule has 1 N–H and O–H groups in total. The number of alkyl halides is 1. The Morgan fingerprint density at radius 1 is 1.40 bits per heavy atom. The van der Waals surface area contributed by atoms with Crippen molar-refractivity contribution in [3.63, 3.8) is 0 Å². The van der Waals surface area contributed by atoms with Gasteiger partial charge in [0.2, 0.25) is 0 Å². The summed E-state index contributed by atoms with van der Waals surface area (Å²) < 4.78 is 0. The van der Waals surface area contributed by atoms with Gasteiger partial charge in [0.05, 0.1) is 6.10 Å². The van der Waals surface area contributed by atoms with Crippen LogP contribution in [0, 0.1) is 0 Å². The van der Waals surface area contributed by atoms with E-state index in [0.29, 0.717) is 4.83 Å².